The van der Waals surface area contributed by atoms with Crippen LogP contribution in [-0.2, 0) is 19.1 Å². The third kappa shape index (κ3) is 4.67. The van der Waals surface area contributed by atoms with E-state index in [9.17, 15) is 22.8 Å². The molecule has 4 rings (SSSR count). The van der Waals surface area contributed by atoms with Crippen LogP contribution in [-0.4, -0.2) is 40.7 Å². The van der Waals surface area contributed by atoms with Gasteiger partial charge in [-0.2, -0.15) is 13.2 Å². The number of alkyl halides is 3. The van der Waals surface area contributed by atoms with Crippen LogP contribution in [0, 0.1) is 13.8 Å². The summed E-state index contributed by atoms with van der Waals surface area (Å²) in [5.41, 5.74) is 2.75. The third-order valence-corrected chi connectivity index (χ3v) is 6.46. The second-order valence-corrected chi connectivity index (χ2v) is 8.68. The normalized spacial score (nSPS) is 13.4. The Kier molecular flexibility index (Phi) is 6.79. The lowest BCUT2D eigenvalue weighted by Crippen LogP contribution is -2.43. The van der Waals surface area contributed by atoms with E-state index in [1.54, 1.807) is 22.8 Å². The predicted molar refractivity (Wildman–Crippen MR) is 129 cm³/mol. The molecule has 0 saturated heterocycles. The molecule has 0 aliphatic carbocycles. The Morgan fingerprint density at radius 1 is 1.11 bits per heavy atom. The molecule has 0 spiro atoms. The summed E-state index contributed by atoms with van der Waals surface area (Å²) in [6, 6.07) is 10.2. The molecule has 0 unspecified atom stereocenters. The summed E-state index contributed by atoms with van der Waals surface area (Å²) >= 11 is 0. The van der Waals surface area contributed by atoms with Gasteiger partial charge in [0.25, 0.3) is 11.5 Å². The van der Waals surface area contributed by atoms with Crippen LogP contribution in [0.3, 0.4) is 0 Å². The summed E-state index contributed by atoms with van der Waals surface area (Å²) in [5.74, 6) is -0.00595. The second-order valence-electron chi connectivity index (χ2n) is 8.68. The number of aryl methyl sites for hydroxylation is 2. The van der Waals surface area contributed by atoms with E-state index >= 15 is 0 Å². The molecule has 1 aromatic heterocycles. The molecule has 0 fully saturated rings. The van der Waals surface area contributed by atoms with Crippen molar-refractivity contribution in [2.75, 3.05) is 25.1 Å². The molecule has 2 heterocycles. The van der Waals surface area contributed by atoms with Crippen molar-refractivity contribution in [1.29, 1.82) is 0 Å². The van der Waals surface area contributed by atoms with E-state index in [0.717, 1.165) is 28.0 Å². The van der Waals surface area contributed by atoms with Gasteiger partial charge < -0.3 is 14.6 Å². The fraction of sp³-hybridized carbons (Fsp3) is 0.346. The van der Waals surface area contributed by atoms with E-state index < -0.39 is 17.3 Å². The van der Waals surface area contributed by atoms with Crippen molar-refractivity contribution >= 4 is 17.5 Å². The largest absolute Gasteiger partial charge is 0.416 e. The smallest absolute Gasteiger partial charge is 0.411 e. The first-order chi connectivity index (χ1) is 17.0. The number of halogens is 3. The van der Waals surface area contributed by atoms with Crippen LogP contribution in [0.15, 0.2) is 47.3 Å². The van der Waals surface area contributed by atoms with Crippen LogP contribution in [0.1, 0.15) is 45.2 Å². The van der Waals surface area contributed by atoms with Gasteiger partial charge in [-0.25, -0.2) is 4.98 Å². The molecule has 1 aliphatic rings. The van der Waals surface area contributed by atoms with E-state index in [4.69, 9.17) is 4.84 Å². The molecule has 0 saturated carbocycles. The molecule has 0 bridgehead atoms. The molecule has 1 aliphatic heterocycles. The van der Waals surface area contributed by atoms with Gasteiger partial charge in [-0.15, -0.1) is 4.73 Å². The van der Waals surface area contributed by atoms with Crippen molar-refractivity contribution in [1.82, 2.24) is 14.6 Å². The van der Waals surface area contributed by atoms with E-state index in [1.165, 1.54) is 19.2 Å². The lowest BCUT2D eigenvalue weighted by atomic mass is 10.0. The number of rotatable bonds is 5. The maximum absolute atomic E-state index is 13.4. The number of anilines is 2. The molecule has 0 N–H and O–H groups in total. The molecule has 2 aromatic carbocycles. The predicted octanol–water partition coefficient (Wildman–Crippen LogP) is 4.29. The number of nitrogens with zero attached hydrogens (tertiary/aromatic N) is 4. The zero-order chi connectivity index (χ0) is 26.2. The summed E-state index contributed by atoms with van der Waals surface area (Å²) in [6.07, 6.45) is -4.09. The molecule has 10 heteroatoms. The van der Waals surface area contributed by atoms with Gasteiger partial charge in [-0.1, -0.05) is 6.07 Å². The monoisotopic (exact) mass is 500 g/mol. The first-order valence-electron chi connectivity index (χ1n) is 11.6. The van der Waals surface area contributed by atoms with Gasteiger partial charge in [0.05, 0.1) is 23.4 Å². The Balaban J connectivity index is 1.68. The number of aromatic nitrogens is 2. The fourth-order valence-electron chi connectivity index (χ4n) is 4.28. The molecule has 0 radical (unpaired) electrons. The second kappa shape index (κ2) is 9.67. The number of fused-ring (bicyclic) bond motifs is 1. The highest BCUT2D eigenvalue weighted by atomic mass is 19.4. The topological polar surface area (TPSA) is 67.7 Å². The molecular formula is C26H27F3N4O3. The van der Waals surface area contributed by atoms with Gasteiger partial charge in [0.2, 0.25) is 5.95 Å². The average molecular weight is 501 g/mol. The number of amides is 1. The van der Waals surface area contributed by atoms with E-state index in [2.05, 4.69) is 4.98 Å². The third-order valence-electron chi connectivity index (χ3n) is 6.46. The molecular weight excluding hydrogens is 473 g/mol. The minimum atomic E-state index is -4.45. The van der Waals surface area contributed by atoms with Crippen molar-refractivity contribution in [3.63, 3.8) is 0 Å². The van der Waals surface area contributed by atoms with Crippen LogP contribution in [0.4, 0.5) is 24.8 Å². The summed E-state index contributed by atoms with van der Waals surface area (Å²) in [7, 11) is 1.32. The zero-order valence-corrected chi connectivity index (χ0v) is 20.5. The first-order valence-corrected chi connectivity index (χ1v) is 11.6. The van der Waals surface area contributed by atoms with Crippen LogP contribution in [0.2, 0.25) is 0 Å². The Morgan fingerprint density at radius 2 is 1.81 bits per heavy atom. The van der Waals surface area contributed by atoms with E-state index in [0.29, 0.717) is 42.0 Å². The highest BCUT2D eigenvalue weighted by Gasteiger charge is 2.31. The minimum absolute atomic E-state index is 0.0863. The van der Waals surface area contributed by atoms with Crippen LogP contribution in [0.5, 0.6) is 0 Å². The van der Waals surface area contributed by atoms with Gasteiger partial charge in [0, 0.05) is 30.8 Å². The highest BCUT2D eigenvalue weighted by Crippen LogP contribution is 2.32. The quantitative estimate of drug-likeness (QED) is 0.523. The van der Waals surface area contributed by atoms with Gasteiger partial charge in [-0.3, -0.25) is 9.59 Å². The zero-order valence-electron chi connectivity index (χ0n) is 20.5. The number of hydrogen-bond acceptors (Lipinski definition) is 5. The highest BCUT2D eigenvalue weighted by molar-refractivity contribution is 5.94. The molecule has 3 aromatic rings. The van der Waals surface area contributed by atoms with E-state index in [1.807, 2.05) is 26.0 Å². The van der Waals surface area contributed by atoms with Crippen LogP contribution in [0.25, 0.3) is 0 Å². The fourth-order valence-corrected chi connectivity index (χ4v) is 4.28. The minimum Gasteiger partial charge on any atom is -0.411 e. The Morgan fingerprint density at radius 3 is 2.39 bits per heavy atom. The van der Waals surface area contributed by atoms with Gasteiger partial charge in [0.15, 0.2) is 0 Å². The standard InChI is InChI=1S/C26H27F3N4O3/c1-5-32(20-10-8-19(9-11-20)26(27,28)29)25-30-22-12-13-31(15-21(22)24(35)33(25)36-4)23(34)18-7-6-16(2)17(3)14-18/h6-11,14H,5,12-13,15H2,1-4H3. The Bertz CT molecular complexity index is 1350. The summed E-state index contributed by atoms with van der Waals surface area (Å²) < 4.78 is 40.0. The number of carbonyl (C=O) groups excluding carboxylic acids is 1. The number of carbonyl (C=O) groups is 1. The van der Waals surface area contributed by atoms with E-state index in [-0.39, 0.29) is 18.4 Å². The maximum Gasteiger partial charge on any atom is 0.416 e. The van der Waals surface area contributed by atoms with Crippen molar-refractivity contribution < 1.29 is 22.8 Å². The van der Waals surface area contributed by atoms with Gasteiger partial charge in [0.1, 0.15) is 7.11 Å². The summed E-state index contributed by atoms with van der Waals surface area (Å²) in [5, 5.41) is 0. The van der Waals surface area contributed by atoms with Crippen molar-refractivity contribution in [3.05, 3.63) is 86.3 Å². The molecule has 36 heavy (non-hydrogen) atoms. The molecule has 1 amide bonds. The molecule has 190 valence electrons. The van der Waals surface area contributed by atoms with Crippen molar-refractivity contribution in [2.45, 2.75) is 39.9 Å². The van der Waals surface area contributed by atoms with Crippen LogP contribution >= 0.6 is 0 Å². The molecule has 7 nitrogen and oxygen atoms in total. The summed E-state index contributed by atoms with van der Waals surface area (Å²) in [6.45, 7) is 6.51. The molecule has 0 atom stereocenters. The van der Waals surface area contributed by atoms with Crippen molar-refractivity contribution in [2.24, 2.45) is 0 Å². The summed E-state index contributed by atoms with van der Waals surface area (Å²) in [4.78, 5) is 39.7. The van der Waals surface area contributed by atoms with Crippen LogP contribution < -0.4 is 15.3 Å². The lowest BCUT2D eigenvalue weighted by Gasteiger charge is -2.31. The maximum atomic E-state index is 13.4. The van der Waals surface area contributed by atoms with Gasteiger partial charge >= 0.3 is 6.18 Å². The number of benzene rings is 2. The van der Waals surface area contributed by atoms with Crippen molar-refractivity contribution in [3.8, 4) is 0 Å². The first kappa shape index (κ1) is 25.3. The SMILES string of the molecule is CCN(c1ccc(C(F)(F)F)cc1)c1nc2c(c(=O)n1OC)CN(C(=O)c1ccc(C)c(C)c1)CC2. The Labute approximate surface area is 206 Å². The average Bonchev–Trinajstić information content (AvgIpc) is 2.85. The van der Waals surface area contributed by atoms with Gasteiger partial charge in [-0.05, 0) is 68.3 Å². The lowest BCUT2D eigenvalue weighted by molar-refractivity contribution is -0.137. The number of hydrogen-bond donors (Lipinski definition) is 0. The Hall–Kier alpha value is -3.82.